The van der Waals surface area contributed by atoms with Crippen LogP contribution in [0.15, 0.2) is 77.5 Å². The van der Waals surface area contributed by atoms with Crippen molar-refractivity contribution in [3.63, 3.8) is 0 Å². The van der Waals surface area contributed by atoms with E-state index in [0.717, 1.165) is 0 Å². The fourth-order valence-corrected chi connectivity index (χ4v) is 3.02. The smallest absolute Gasteiger partial charge is 0.287 e. The lowest BCUT2D eigenvalue weighted by Gasteiger charge is -2.10. The highest BCUT2D eigenvalue weighted by atomic mass is 16.6. The number of nitrogens with zero attached hydrogens (tertiary/aromatic N) is 2. The summed E-state index contributed by atoms with van der Waals surface area (Å²) in [4.78, 5) is 35.9. The van der Waals surface area contributed by atoms with Crippen LogP contribution < -0.4 is 20.2 Å². The van der Waals surface area contributed by atoms with Crippen LogP contribution in [0.4, 0.5) is 5.69 Å². The molecule has 3 aromatic rings. The van der Waals surface area contributed by atoms with E-state index in [1.54, 1.807) is 30.3 Å². The molecule has 0 aliphatic rings. The van der Waals surface area contributed by atoms with E-state index in [9.17, 15) is 24.8 Å². The molecule has 0 aliphatic carbocycles. The molecule has 0 saturated heterocycles. The molecule has 0 spiro atoms. The van der Waals surface area contributed by atoms with Crippen molar-refractivity contribution in [3.8, 4) is 17.2 Å². The zero-order valence-electron chi connectivity index (χ0n) is 19.3. The zero-order valence-corrected chi connectivity index (χ0v) is 19.3. The second-order valence-corrected chi connectivity index (χ2v) is 7.20. The van der Waals surface area contributed by atoms with Crippen molar-refractivity contribution >= 4 is 29.8 Å². The minimum Gasteiger partial charge on any atom is -0.502 e. The first-order valence-electron chi connectivity index (χ1n) is 10.4. The van der Waals surface area contributed by atoms with Crippen LogP contribution in [0, 0.1) is 10.1 Å². The number of rotatable bonds is 9. The Balaban J connectivity index is 1.85. The summed E-state index contributed by atoms with van der Waals surface area (Å²) in [7, 11) is 2.75. The summed E-state index contributed by atoms with van der Waals surface area (Å²) in [5, 5.41) is 27.4. The predicted octanol–water partition coefficient (Wildman–Crippen LogP) is 3.24. The third kappa shape index (κ3) is 6.44. The van der Waals surface area contributed by atoms with Gasteiger partial charge in [0, 0.05) is 23.3 Å². The number of hydrogen-bond acceptors (Lipinski definition) is 8. The maximum atomic E-state index is 12.9. The molecule has 0 fully saturated rings. The summed E-state index contributed by atoms with van der Waals surface area (Å²) < 4.78 is 10.2. The van der Waals surface area contributed by atoms with Crippen LogP contribution in [-0.2, 0) is 4.79 Å². The van der Waals surface area contributed by atoms with Crippen molar-refractivity contribution in [1.29, 1.82) is 0 Å². The van der Waals surface area contributed by atoms with Gasteiger partial charge in [-0.15, -0.1) is 0 Å². The molecule has 0 heterocycles. The molecule has 0 atom stereocenters. The van der Waals surface area contributed by atoms with E-state index in [-0.39, 0.29) is 28.6 Å². The quantitative estimate of drug-likeness (QED) is 0.180. The maximum Gasteiger partial charge on any atom is 0.287 e. The second-order valence-electron chi connectivity index (χ2n) is 7.20. The molecule has 0 unspecified atom stereocenters. The third-order valence-corrected chi connectivity index (χ3v) is 4.83. The van der Waals surface area contributed by atoms with Gasteiger partial charge in [0.05, 0.1) is 25.4 Å². The maximum absolute atomic E-state index is 12.9. The Hall–Kier alpha value is -5.19. The molecule has 11 heteroatoms. The lowest BCUT2D eigenvalue weighted by Crippen LogP contribution is -2.32. The fourth-order valence-electron chi connectivity index (χ4n) is 3.02. The minimum atomic E-state index is -0.744. The van der Waals surface area contributed by atoms with Gasteiger partial charge >= 0.3 is 0 Å². The molecule has 0 saturated carbocycles. The van der Waals surface area contributed by atoms with E-state index in [4.69, 9.17) is 9.47 Å². The molecular formula is C25H22N4O7. The number of benzene rings is 3. The van der Waals surface area contributed by atoms with Gasteiger partial charge in [0.15, 0.2) is 11.5 Å². The Labute approximate surface area is 205 Å². The Kier molecular flexibility index (Phi) is 8.33. The van der Waals surface area contributed by atoms with Crippen LogP contribution in [0.3, 0.4) is 0 Å². The Morgan fingerprint density at radius 1 is 0.972 bits per heavy atom. The van der Waals surface area contributed by atoms with Gasteiger partial charge in [0.25, 0.3) is 17.5 Å². The summed E-state index contributed by atoms with van der Waals surface area (Å²) in [5.41, 5.74) is 3.29. The lowest BCUT2D eigenvalue weighted by atomic mass is 10.1. The number of non-ortho nitro benzene ring substituents is 1. The summed E-state index contributed by atoms with van der Waals surface area (Å²) in [6, 6.07) is 16.7. The van der Waals surface area contributed by atoms with E-state index in [1.807, 2.05) is 0 Å². The first kappa shape index (κ1) is 25.4. The van der Waals surface area contributed by atoms with Crippen LogP contribution >= 0.6 is 0 Å². The molecule has 3 aromatic carbocycles. The average molecular weight is 490 g/mol. The van der Waals surface area contributed by atoms with E-state index in [1.165, 1.54) is 62.9 Å². The van der Waals surface area contributed by atoms with Crippen molar-refractivity contribution in [3.05, 3.63) is 99.2 Å². The number of nitrogens with one attached hydrogen (secondary N) is 2. The van der Waals surface area contributed by atoms with Gasteiger partial charge in [-0.3, -0.25) is 19.7 Å². The van der Waals surface area contributed by atoms with Crippen molar-refractivity contribution in [1.82, 2.24) is 10.7 Å². The first-order chi connectivity index (χ1) is 17.3. The van der Waals surface area contributed by atoms with Crippen LogP contribution in [0.5, 0.6) is 17.2 Å². The number of aromatic hydroxyl groups is 1. The highest BCUT2D eigenvalue weighted by Gasteiger charge is 2.15. The molecular weight excluding hydrogens is 468 g/mol. The zero-order chi connectivity index (χ0) is 26.1. The van der Waals surface area contributed by atoms with Gasteiger partial charge in [-0.25, -0.2) is 5.43 Å². The van der Waals surface area contributed by atoms with Crippen molar-refractivity contribution in [2.75, 3.05) is 14.2 Å². The molecule has 0 aromatic heterocycles. The molecule has 0 bridgehead atoms. The van der Waals surface area contributed by atoms with E-state index in [2.05, 4.69) is 15.8 Å². The van der Waals surface area contributed by atoms with Gasteiger partial charge < -0.3 is 19.9 Å². The van der Waals surface area contributed by atoms with Crippen LogP contribution in [0.25, 0.3) is 6.08 Å². The summed E-state index contributed by atoms with van der Waals surface area (Å²) >= 11 is 0. The molecule has 11 nitrogen and oxygen atoms in total. The van der Waals surface area contributed by atoms with Gasteiger partial charge in [-0.1, -0.05) is 18.2 Å². The number of phenols is 1. The van der Waals surface area contributed by atoms with Gasteiger partial charge in [0.2, 0.25) is 5.75 Å². The first-order valence-corrected chi connectivity index (χ1v) is 10.4. The van der Waals surface area contributed by atoms with Crippen LogP contribution in [0.2, 0.25) is 0 Å². The predicted molar refractivity (Wildman–Crippen MR) is 132 cm³/mol. The molecule has 0 radical (unpaired) electrons. The number of phenolic OH excluding ortho intramolecular Hbond substituents is 1. The molecule has 2 amide bonds. The van der Waals surface area contributed by atoms with Gasteiger partial charge in [0.1, 0.15) is 5.70 Å². The lowest BCUT2D eigenvalue weighted by molar-refractivity contribution is -0.384. The topological polar surface area (TPSA) is 152 Å². The minimum absolute atomic E-state index is 0.115. The monoisotopic (exact) mass is 490 g/mol. The number of hydrazone groups is 1. The largest absolute Gasteiger partial charge is 0.502 e. The number of carbonyl (C=O) groups is 2. The number of ether oxygens (including phenoxy) is 2. The SMILES string of the molecule is COc1cc(C=NNC(=O)C(=Cc2ccc([N+](=O)[O-])cc2)NC(=O)c2ccccc2)cc(OC)c1O. The summed E-state index contributed by atoms with van der Waals surface area (Å²) in [6.07, 6.45) is 2.66. The third-order valence-electron chi connectivity index (χ3n) is 4.83. The van der Waals surface area contributed by atoms with Crippen LogP contribution in [-0.4, -0.2) is 42.3 Å². The van der Waals surface area contributed by atoms with E-state index < -0.39 is 16.7 Å². The molecule has 3 rings (SSSR count). The fraction of sp³-hybridized carbons (Fsp3) is 0.0800. The highest BCUT2D eigenvalue weighted by molar-refractivity contribution is 6.05. The van der Waals surface area contributed by atoms with Crippen molar-refractivity contribution in [2.45, 2.75) is 0 Å². The van der Waals surface area contributed by atoms with Gasteiger partial charge in [-0.05, 0) is 48.0 Å². The molecule has 184 valence electrons. The van der Waals surface area contributed by atoms with Crippen molar-refractivity contribution in [2.24, 2.45) is 5.10 Å². The summed E-state index contributed by atoms with van der Waals surface area (Å²) in [5.74, 6) is -1.16. The standard InChI is InChI=1S/C25H22N4O7/c1-35-21-13-17(14-22(36-2)23(21)30)15-26-28-25(32)20(27-24(31)18-6-4-3-5-7-18)12-16-8-10-19(11-9-16)29(33)34/h3-15,30H,1-2H3,(H,27,31)(H,28,32). The van der Waals surface area contributed by atoms with E-state index in [0.29, 0.717) is 16.7 Å². The Morgan fingerprint density at radius 2 is 1.58 bits per heavy atom. The Morgan fingerprint density at radius 3 is 2.14 bits per heavy atom. The second kappa shape index (κ2) is 11.8. The number of carbonyl (C=O) groups excluding carboxylic acids is 2. The van der Waals surface area contributed by atoms with Crippen molar-refractivity contribution < 1.29 is 29.1 Å². The molecule has 36 heavy (non-hydrogen) atoms. The summed E-state index contributed by atoms with van der Waals surface area (Å²) in [6.45, 7) is 0. The highest BCUT2D eigenvalue weighted by Crippen LogP contribution is 2.36. The molecule has 3 N–H and O–H groups in total. The van der Waals surface area contributed by atoms with Gasteiger partial charge in [-0.2, -0.15) is 5.10 Å². The Bertz CT molecular complexity index is 1290. The number of hydrogen-bond donors (Lipinski definition) is 3. The van der Waals surface area contributed by atoms with Crippen LogP contribution in [0.1, 0.15) is 21.5 Å². The average Bonchev–Trinajstić information content (AvgIpc) is 2.89. The molecule has 0 aliphatic heterocycles. The normalized spacial score (nSPS) is 11.1. The van der Waals surface area contributed by atoms with E-state index >= 15 is 0 Å². The number of nitro groups is 1. The number of methoxy groups -OCH3 is 2. The number of nitro benzene ring substituents is 1. The number of amides is 2.